The molecule has 0 fully saturated rings. The number of hydrogen-bond donors (Lipinski definition) is 0. The molecule has 3 nitrogen and oxygen atoms in total. The maximum absolute atomic E-state index is 4.68. The number of oxime groups is 1. The maximum Gasteiger partial charge on any atom is 1.00 e. The van der Waals surface area contributed by atoms with E-state index < -0.39 is 0 Å². The van der Waals surface area contributed by atoms with Crippen LogP contribution in [-0.4, -0.2) is 19.3 Å². The van der Waals surface area contributed by atoms with Gasteiger partial charge in [-0.15, -0.1) is 6.54 Å². The minimum Gasteiger partial charge on any atom is -0.660 e. The molecule has 0 aliphatic carbocycles. The fourth-order valence-corrected chi connectivity index (χ4v) is 0.645. The van der Waals surface area contributed by atoms with Gasteiger partial charge in [0, 0.05) is 12.1 Å². The maximum atomic E-state index is 4.68. The molecule has 0 saturated carbocycles. The van der Waals surface area contributed by atoms with Gasteiger partial charge >= 0.3 is 51.4 Å². The van der Waals surface area contributed by atoms with Crippen LogP contribution in [0.25, 0.3) is 5.32 Å². The smallest absolute Gasteiger partial charge is 0.660 e. The van der Waals surface area contributed by atoms with Crippen molar-refractivity contribution < 1.29 is 56.2 Å². The molecule has 0 unspecified atom stereocenters. The Labute approximate surface area is 103 Å². The van der Waals surface area contributed by atoms with Gasteiger partial charge < -0.3 is 10.2 Å². The third kappa shape index (κ3) is 3.85. The van der Waals surface area contributed by atoms with Crippen molar-refractivity contribution in [1.29, 1.82) is 0 Å². The Kier molecular flexibility index (Phi) is 7.04. The average Bonchev–Trinajstić information content (AvgIpc) is 1.91. The zero-order valence-corrected chi connectivity index (χ0v) is 9.49. The normalized spacial score (nSPS) is 15.1. The molecule has 1 heterocycles. The minimum absolute atomic E-state index is 0. The van der Waals surface area contributed by atoms with Gasteiger partial charge in [-0.3, -0.25) is 0 Å². The summed E-state index contributed by atoms with van der Waals surface area (Å²) in [6.07, 6.45) is 4.38. The zero-order valence-electron chi connectivity index (χ0n) is 6.37. The molecular formula is C6H9KN2O. The van der Waals surface area contributed by atoms with Crippen LogP contribution in [0, 0.1) is 0 Å². The molecule has 0 atom stereocenters. The molecule has 10 heavy (non-hydrogen) atoms. The molecule has 0 radical (unpaired) electrons. The second-order valence-corrected chi connectivity index (χ2v) is 1.81. The van der Waals surface area contributed by atoms with Crippen LogP contribution >= 0.6 is 0 Å². The van der Waals surface area contributed by atoms with Gasteiger partial charge in [-0.05, 0) is 6.08 Å². The summed E-state index contributed by atoms with van der Waals surface area (Å²) >= 11 is 0. The molecule has 1 rings (SSSR count). The molecule has 4 heteroatoms. The molecule has 50 valence electrons. The van der Waals surface area contributed by atoms with Gasteiger partial charge in [0.1, 0.15) is 6.26 Å². The second kappa shape index (κ2) is 6.51. The number of hydrogen-bond acceptors (Lipinski definition) is 2. The van der Waals surface area contributed by atoms with E-state index in [0.717, 1.165) is 12.1 Å². The number of rotatable bonds is 2. The van der Waals surface area contributed by atoms with Gasteiger partial charge in [0.2, 0.25) is 0 Å². The van der Waals surface area contributed by atoms with E-state index in [-0.39, 0.29) is 51.4 Å². The van der Waals surface area contributed by atoms with Crippen molar-refractivity contribution in [2.45, 2.75) is 6.42 Å². The summed E-state index contributed by atoms with van der Waals surface area (Å²) in [4.78, 5) is 4.68. The van der Waals surface area contributed by atoms with E-state index in [1.54, 1.807) is 13.3 Å². The summed E-state index contributed by atoms with van der Waals surface area (Å²) in [5.74, 6) is 0. The van der Waals surface area contributed by atoms with Gasteiger partial charge in [-0.25, -0.2) is 0 Å². The first-order valence-corrected chi connectivity index (χ1v) is 2.85. The Morgan fingerprint density at radius 2 is 2.60 bits per heavy atom. The standard InChI is InChI=1S/C6H9N2O.K/c1-7-5-6-3-2-4-9-8-6;/h2,4H,3,5H2,1H3;/q-1;+1. The van der Waals surface area contributed by atoms with E-state index in [4.69, 9.17) is 0 Å². The summed E-state index contributed by atoms with van der Waals surface area (Å²) in [5.41, 5.74) is 0.986. The molecular weight excluding hydrogens is 155 g/mol. The minimum atomic E-state index is 0. The first-order chi connectivity index (χ1) is 4.43. The molecule has 0 amide bonds. The third-order valence-electron chi connectivity index (χ3n) is 1.03. The molecule has 0 bridgehead atoms. The third-order valence-corrected chi connectivity index (χ3v) is 1.03. The van der Waals surface area contributed by atoms with E-state index in [1.165, 1.54) is 0 Å². The molecule has 0 spiro atoms. The zero-order chi connectivity index (χ0) is 6.53. The molecule has 0 aromatic carbocycles. The fraction of sp³-hybridized carbons (Fsp3) is 0.500. The van der Waals surface area contributed by atoms with Crippen molar-refractivity contribution >= 4 is 5.71 Å². The van der Waals surface area contributed by atoms with E-state index >= 15 is 0 Å². The predicted molar refractivity (Wildman–Crippen MR) is 36.4 cm³/mol. The van der Waals surface area contributed by atoms with E-state index in [0.29, 0.717) is 6.54 Å². The summed E-state index contributed by atoms with van der Waals surface area (Å²) in [6.45, 7) is 0.685. The summed E-state index contributed by atoms with van der Waals surface area (Å²) in [6, 6.07) is 0. The van der Waals surface area contributed by atoms with Crippen molar-refractivity contribution in [1.82, 2.24) is 0 Å². The van der Waals surface area contributed by atoms with Crippen LogP contribution in [-0.2, 0) is 4.84 Å². The van der Waals surface area contributed by atoms with Gasteiger partial charge in [0.25, 0.3) is 0 Å². The quantitative estimate of drug-likeness (QED) is 0.447. The Morgan fingerprint density at radius 1 is 1.80 bits per heavy atom. The van der Waals surface area contributed by atoms with Gasteiger partial charge in [0.15, 0.2) is 0 Å². The fourth-order valence-electron chi connectivity index (χ4n) is 0.645. The SMILES string of the molecule is C[N-]CC1=NOC=CC1.[K+]. The number of nitrogens with zero attached hydrogens (tertiary/aromatic N) is 2. The molecule has 1 aliphatic heterocycles. The van der Waals surface area contributed by atoms with E-state index in [9.17, 15) is 0 Å². The summed E-state index contributed by atoms with van der Waals surface area (Å²) in [7, 11) is 1.76. The first-order valence-electron chi connectivity index (χ1n) is 2.85. The van der Waals surface area contributed by atoms with Crippen LogP contribution in [0.3, 0.4) is 0 Å². The van der Waals surface area contributed by atoms with Crippen LogP contribution in [0.15, 0.2) is 17.5 Å². The molecule has 0 N–H and O–H groups in total. The average molecular weight is 164 g/mol. The monoisotopic (exact) mass is 164 g/mol. The van der Waals surface area contributed by atoms with Crippen molar-refractivity contribution in [2.75, 3.05) is 13.6 Å². The predicted octanol–water partition coefficient (Wildman–Crippen LogP) is -1.72. The van der Waals surface area contributed by atoms with Gasteiger partial charge in [-0.2, -0.15) is 7.05 Å². The Bertz CT molecular complexity index is 145. The van der Waals surface area contributed by atoms with E-state index in [1.807, 2.05) is 6.08 Å². The van der Waals surface area contributed by atoms with Crippen molar-refractivity contribution in [3.05, 3.63) is 17.7 Å². The molecule has 1 aliphatic rings. The van der Waals surface area contributed by atoms with Crippen LogP contribution in [0.5, 0.6) is 0 Å². The van der Waals surface area contributed by atoms with Crippen LogP contribution in [0.4, 0.5) is 0 Å². The van der Waals surface area contributed by atoms with Crippen molar-refractivity contribution in [3.8, 4) is 0 Å². The first kappa shape index (κ1) is 10.8. The molecule has 0 saturated heterocycles. The summed E-state index contributed by atoms with van der Waals surface area (Å²) in [5, 5.41) is 7.67. The van der Waals surface area contributed by atoms with Crippen LogP contribution in [0.1, 0.15) is 6.42 Å². The summed E-state index contributed by atoms with van der Waals surface area (Å²) < 4.78 is 0. The Balaban J connectivity index is 0.000000810. The Hall–Kier alpha value is 0.806. The topological polar surface area (TPSA) is 35.7 Å². The second-order valence-electron chi connectivity index (χ2n) is 1.81. The van der Waals surface area contributed by atoms with Crippen molar-refractivity contribution in [2.24, 2.45) is 5.16 Å². The Morgan fingerprint density at radius 3 is 3.10 bits per heavy atom. The van der Waals surface area contributed by atoms with Crippen LogP contribution in [0.2, 0.25) is 0 Å². The van der Waals surface area contributed by atoms with Crippen LogP contribution < -0.4 is 51.4 Å². The van der Waals surface area contributed by atoms with Gasteiger partial charge in [-0.1, -0.05) is 5.16 Å². The van der Waals surface area contributed by atoms with E-state index in [2.05, 4.69) is 15.3 Å². The molecule has 0 aromatic rings. The number of allylic oxidation sites excluding steroid dienone is 1. The van der Waals surface area contributed by atoms with Gasteiger partial charge in [0.05, 0.1) is 0 Å². The largest absolute Gasteiger partial charge is 1.00 e. The van der Waals surface area contributed by atoms with Crippen molar-refractivity contribution in [3.63, 3.8) is 0 Å². The molecule has 0 aromatic heterocycles.